The lowest BCUT2D eigenvalue weighted by Crippen LogP contribution is -2.29. The van der Waals surface area contributed by atoms with Crippen LogP contribution in [0.2, 0.25) is 0 Å². The molecule has 6 nitrogen and oxygen atoms in total. The predicted molar refractivity (Wildman–Crippen MR) is 101 cm³/mol. The number of nitrogens with zero attached hydrogens (tertiary/aromatic N) is 1. The van der Waals surface area contributed by atoms with Crippen molar-refractivity contribution in [2.24, 2.45) is 5.92 Å². The van der Waals surface area contributed by atoms with E-state index in [9.17, 15) is 9.59 Å². The molecule has 1 aliphatic carbocycles. The summed E-state index contributed by atoms with van der Waals surface area (Å²) in [6, 6.07) is 5.86. The van der Waals surface area contributed by atoms with Gasteiger partial charge in [-0.15, -0.1) is 0 Å². The Morgan fingerprint density at radius 1 is 1.11 bits per heavy atom. The van der Waals surface area contributed by atoms with Crippen LogP contribution >= 0.6 is 0 Å². The van der Waals surface area contributed by atoms with E-state index in [-0.39, 0.29) is 29.8 Å². The van der Waals surface area contributed by atoms with Crippen molar-refractivity contribution in [3.8, 4) is 11.5 Å². The fraction of sp³-hybridized carbons (Fsp3) is 0.619. The van der Waals surface area contributed by atoms with E-state index in [1.165, 1.54) is 20.0 Å². The highest BCUT2D eigenvalue weighted by atomic mass is 16.5. The SMILES string of the molecule is CCC(=O)[C@@H]1CN(C(=O)OC)C[C@H]1c1ccc(OC)c(OC2CCCC2)c1. The molecule has 3 rings (SSSR count). The molecule has 1 saturated heterocycles. The van der Waals surface area contributed by atoms with Gasteiger partial charge in [0.25, 0.3) is 0 Å². The maximum Gasteiger partial charge on any atom is 0.409 e. The van der Waals surface area contributed by atoms with Crippen LogP contribution in [0.3, 0.4) is 0 Å². The van der Waals surface area contributed by atoms with Gasteiger partial charge in [0.05, 0.1) is 20.3 Å². The van der Waals surface area contributed by atoms with Gasteiger partial charge in [-0.05, 0) is 43.4 Å². The zero-order valence-corrected chi connectivity index (χ0v) is 16.4. The van der Waals surface area contributed by atoms with E-state index >= 15 is 0 Å². The molecule has 148 valence electrons. The van der Waals surface area contributed by atoms with Crippen LogP contribution in [0, 0.1) is 5.92 Å². The van der Waals surface area contributed by atoms with Gasteiger partial charge in [-0.2, -0.15) is 0 Å². The Kier molecular flexibility index (Phi) is 6.24. The van der Waals surface area contributed by atoms with Crippen molar-refractivity contribution in [1.82, 2.24) is 4.90 Å². The molecule has 2 fully saturated rings. The van der Waals surface area contributed by atoms with Crippen molar-refractivity contribution in [2.45, 2.75) is 51.0 Å². The Morgan fingerprint density at radius 3 is 2.48 bits per heavy atom. The Balaban J connectivity index is 1.87. The molecule has 0 radical (unpaired) electrons. The molecular weight excluding hydrogens is 346 g/mol. The summed E-state index contributed by atoms with van der Waals surface area (Å²) in [5.41, 5.74) is 1.00. The quantitative estimate of drug-likeness (QED) is 0.757. The number of amides is 1. The minimum atomic E-state index is -0.387. The second-order valence-corrected chi connectivity index (χ2v) is 7.34. The minimum Gasteiger partial charge on any atom is -0.493 e. The number of ketones is 1. The number of methoxy groups -OCH3 is 2. The van der Waals surface area contributed by atoms with Crippen molar-refractivity contribution in [1.29, 1.82) is 0 Å². The molecule has 1 heterocycles. The van der Waals surface area contributed by atoms with E-state index in [0.29, 0.717) is 25.3 Å². The van der Waals surface area contributed by atoms with Crippen LogP contribution in [0.25, 0.3) is 0 Å². The molecule has 0 unspecified atom stereocenters. The number of likely N-dealkylation sites (tertiary alicyclic amines) is 1. The third kappa shape index (κ3) is 4.20. The molecule has 1 amide bonds. The molecule has 1 aromatic rings. The molecule has 2 aliphatic rings. The number of benzene rings is 1. The molecule has 6 heteroatoms. The van der Waals surface area contributed by atoms with Crippen LogP contribution in [0.5, 0.6) is 11.5 Å². The van der Waals surface area contributed by atoms with Gasteiger partial charge in [-0.1, -0.05) is 13.0 Å². The number of Topliss-reactive ketones (excluding diaryl/α,β-unsaturated/α-hetero) is 1. The van der Waals surface area contributed by atoms with E-state index in [1.807, 2.05) is 25.1 Å². The lowest BCUT2D eigenvalue weighted by Gasteiger charge is -2.21. The fourth-order valence-corrected chi connectivity index (χ4v) is 4.21. The Labute approximate surface area is 160 Å². The van der Waals surface area contributed by atoms with Gasteiger partial charge in [0.1, 0.15) is 5.78 Å². The van der Waals surface area contributed by atoms with E-state index in [1.54, 1.807) is 12.0 Å². The summed E-state index contributed by atoms with van der Waals surface area (Å²) in [5.74, 6) is 1.31. The lowest BCUT2D eigenvalue weighted by molar-refractivity contribution is -0.122. The van der Waals surface area contributed by atoms with Gasteiger partial charge in [0, 0.05) is 31.3 Å². The van der Waals surface area contributed by atoms with Crippen molar-refractivity contribution in [3.05, 3.63) is 23.8 Å². The van der Waals surface area contributed by atoms with E-state index < -0.39 is 0 Å². The molecule has 0 aromatic heterocycles. The fourth-order valence-electron chi connectivity index (χ4n) is 4.21. The number of carbonyl (C=O) groups excluding carboxylic acids is 2. The first-order valence-corrected chi connectivity index (χ1v) is 9.77. The molecule has 27 heavy (non-hydrogen) atoms. The third-order valence-electron chi connectivity index (χ3n) is 5.73. The van der Waals surface area contributed by atoms with Crippen LogP contribution in [0.4, 0.5) is 4.79 Å². The van der Waals surface area contributed by atoms with Gasteiger partial charge in [0.15, 0.2) is 11.5 Å². The molecule has 1 aliphatic heterocycles. The van der Waals surface area contributed by atoms with Crippen LogP contribution < -0.4 is 9.47 Å². The van der Waals surface area contributed by atoms with Gasteiger partial charge in [0.2, 0.25) is 0 Å². The maximum atomic E-state index is 12.5. The smallest absolute Gasteiger partial charge is 0.409 e. The normalized spacial score (nSPS) is 22.7. The summed E-state index contributed by atoms with van der Waals surface area (Å²) < 4.78 is 16.5. The number of ether oxygens (including phenoxy) is 3. The number of carbonyl (C=O) groups is 2. The van der Waals surface area contributed by atoms with Crippen molar-refractivity contribution in [2.75, 3.05) is 27.3 Å². The van der Waals surface area contributed by atoms with Crippen LogP contribution in [-0.2, 0) is 9.53 Å². The average molecular weight is 375 g/mol. The third-order valence-corrected chi connectivity index (χ3v) is 5.73. The van der Waals surface area contributed by atoms with Gasteiger partial charge in [-0.3, -0.25) is 4.79 Å². The topological polar surface area (TPSA) is 65.1 Å². The monoisotopic (exact) mass is 375 g/mol. The van der Waals surface area contributed by atoms with Gasteiger partial charge < -0.3 is 19.1 Å². The van der Waals surface area contributed by atoms with Gasteiger partial charge in [-0.25, -0.2) is 4.79 Å². The summed E-state index contributed by atoms with van der Waals surface area (Å²) in [5, 5.41) is 0. The van der Waals surface area contributed by atoms with Crippen LogP contribution in [0.15, 0.2) is 18.2 Å². The summed E-state index contributed by atoms with van der Waals surface area (Å²) in [4.78, 5) is 26.1. The first-order valence-electron chi connectivity index (χ1n) is 9.77. The molecule has 1 saturated carbocycles. The Bertz CT molecular complexity index is 683. The van der Waals surface area contributed by atoms with Crippen LogP contribution in [0.1, 0.15) is 50.5 Å². The molecule has 0 bridgehead atoms. The van der Waals surface area contributed by atoms with Crippen molar-refractivity contribution >= 4 is 11.9 Å². The highest BCUT2D eigenvalue weighted by molar-refractivity contribution is 5.83. The average Bonchev–Trinajstić information content (AvgIpc) is 3.36. The highest BCUT2D eigenvalue weighted by Crippen LogP contribution is 2.39. The first-order chi connectivity index (χ1) is 13.1. The number of hydrogen-bond acceptors (Lipinski definition) is 5. The number of rotatable bonds is 6. The molecule has 1 aromatic carbocycles. The van der Waals surface area contributed by atoms with Gasteiger partial charge >= 0.3 is 6.09 Å². The van der Waals surface area contributed by atoms with Crippen LogP contribution in [-0.4, -0.2) is 50.2 Å². The zero-order chi connectivity index (χ0) is 19.4. The van der Waals surface area contributed by atoms with E-state index in [2.05, 4.69) is 0 Å². The molecule has 0 spiro atoms. The second-order valence-electron chi connectivity index (χ2n) is 7.34. The standard InChI is InChI=1S/C21H29NO5/c1-4-18(23)17-13-22(21(24)26-3)12-16(17)14-9-10-19(25-2)20(11-14)27-15-7-5-6-8-15/h9-11,15-17H,4-8,12-13H2,1-3H3/t16-,17+/m0/s1. The summed E-state index contributed by atoms with van der Waals surface area (Å²) in [7, 11) is 3.00. The first kappa shape index (κ1) is 19.5. The van der Waals surface area contributed by atoms with Crippen molar-refractivity contribution in [3.63, 3.8) is 0 Å². The maximum absolute atomic E-state index is 12.5. The summed E-state index contributed by atoms with van der Waals surface area (Å²) in [6.07, 6.45) is 4.79. The molecule has 0 N–H and O–H groups in total. The summed E-state index contributed by atoms with van der Waals surface area (Å²) >= 11 is 0. The Morgan fingerprint density at radius 2 is 1.85 bits per heavy atom. The second kappa shape index (κ2) is 8.63. The predicted octanol–water partition coefficient (Wildman–Crippen LogP) is 3.78. The zero-order valence-electron chi connectivity index (χ0n) is 16.4. The largest absolute Gasteiger partial charge is 0.493 e. The Hall–Kier alpha value is -2.24. The van der Waals surface area contributed by atoms with E-state index in [0.717, 1.165) is 24.2 Å². The highest BCUT2D eigenvalue weighted by Gasteiger charge is 2.40. The summed E-state index contributed by atoms with van der Waals surface area (Å²) in [6.45, 7) is 2.73. The van der Waals surface area contributed by atoms with E-state index in [4.69, 9.17) is 14.2 Å². The number of hydrogen-bond donors (Lipinski definition) is 0. The minimum absolute atomic E-state index is 0.0617. The lowest BCUT2D eigenvalue weighted by atomic mass is 9.85. The van der Waals surface area contributed by atoms with Crippen molar-refractivity contribution < 1.29 is 23.8 Å². The molecule has 2 atom stereocenters. The molecular formula is C21H29NO5.